The van der Waals surface area contributed by atoms with E-state index in [-0.39, 0.29) is 12.0 Å². The number of nitrogens with zero attached hydrogens (tertiary/aromatic N) is 2. The summed E-state index contributed by atoms with van der Waals surface area (Å²) >= 11 is 0. The average Bonchev–Trinajstić information content (AvgIpc) is 3.09. The Morgan fingerprint density at radius 1 is 1.41 bits per heavy atom. The van der Waals surface area contributed by atoms with E-state index in [0.717, 1.165) is 0 Å². The van der Waals surface area contributed by atoms with Crippen LogP contribution in [-0.2, 0) is 4.74 Å². The van der Waals surface area contributed by atoms with Gasteiger partial charge in [0.25, 0.3) is 0 Å². The highest BCUT2D eigenvalue weighted by Crippen LogP contribution is 2.26. The lowest BCUT2D eigenvalue weighted by molar-refractivity contribution is 0.185. The van der Waals surface area contributed by atoms with Gasteiger partial charge >= 0.3 is 0 Å². The summed E-state index contributed by atoms with van der Waals surface area (Å²) in [5.41, 5.74) is 0. The summed E-state index contributed by atoms with van der Waals surface area (Å²) in [6.45, 7) is 1.27. The fourth-order valence-electron chi connectivity index (χ4n) is 1.97. The van der Waals surface area contributed by atoms with E-state index in [9.17, 15) is 0 Å². The Labute approximate surface area is 98.0 Å². The Hall–Kier alpha value is -1.66. The number of nitrogens with one attached hydrogen (secondary N) is 1. The van der Waals surface area contributed by atoms with Gasteiger partial charge in [-0.2, -0.15) is 4.98 Å². The molecule has 2 unspecified atom stereocenters. The van der Waals surface area contributed by atoms with Crippen LogP contribution >= 0.6 is 0 Å². The maximum atomic E-state index is 5.40. The summed E-state index contributed by atoms with van der Waals surface area (Å²) in [4.78, 5) is 4.34. The monoisotopic (exact) mass is 235 g/mol. The van der Waals surface area contributed by atoms with E-state index < -0.39 is 0 Å². The quantitative estimate of drug-likeness (QED) is 0.856. The molecule has 6 heteroatoms. The van der Waals surface area contributed by atoms with E-state index in [2.05, 4.69) is 15.5 Å². The minimum atomic E-state index is 0.108. The van der Waals surface area contributed by atoms with Gasteiger partial charge in [-0.25, -0.2) is 0 Å². The van der Waals surface area contributed by atoms with Crippen molar-refractivity contribution in [2.24, 2.45) is 0 Å². The van der Waals surface area contributed by atoms with Crippen LogP contribution in [0.1, 0.15) is 11.8 Å². The lowest BCUT2D eigenvalue weighted by Gasteiger charge is -2.11. The Morgan fingerprint density at radius 3 is 3.12 bits per heavy atom. The summed E-state index contributed by atoms with van der Waals surface area (Å²) in [6, 6.07) is 3.82. The van der Waals surface area contributed by atoms with Crippen molar-refractivity contribution in [3.63, 3.8) is 0 Å². The predicted octanol–water partition coefficient (Wildman–Crippen LogP) is 1.03. The SMILES string of the molecule is CNC1COCC1c1nc(-c2ccco2)no1. The lowest BCUT2D eigenvalue weighted by Crippen LogP contribution is -2.31. The molecule has 0 saturated carbocycles. The van der Waals surface area contributed by atoms with Gasteiger partial charge in [0.15, 0.2) is 5.76 Å². The van der Waals surface area contributed by atoms with Gasteiger partial charge in [0.1, 0.15) is 0 Å². The van der Waals surface area contributed by atoms with Crippen LogP contribution in [0.4, 0.5) is 0 Å². The number of likely N-dealkylation sites (N-methyl/N-ethyl adjacent to an activating group) is 1. The van der Waals surface area contributed by atoms with E-state index >= 15 is 0 Å². The number of furan rings is 1. The molecule has 3 heterocycles. The van der Waals surface area contributed by atoms with E-state index in [0.29, 0.717) is 30.7 Å². The van der Waals surface area contributed by atoms with Crippen molar-refractivity contribution in [1.82, 2.24) is 15.5 Å². The molecule has 1 fully saturated rings. The largest absolute Gasteiger partial charge is 0.461 e. The molecule has 0 radical (unpaired) electrons. The number of aromatic nitrogens is 2. The van der Waals surface area contributed by atoms with Gasteiger partial charge in [0.05, 0.1) is 25.4 Å². The first-order valence-electron chi connectivity index (χ1n) is 5.51. The van der Waals surface area contributed by atoms with Gasteiger partial charge in [-0.3, -0.25) is 0 Å². The fourth-order valence-corrected chi connectivity index (χ4v) is 1.97. The molecule has 1 aliphatic rings. The Morgan fingerprint density at radius 2 is 2.35 bits per heavy atom. The van der Waals surface area contributed by atoms with Crippen molar-refractivity contribution in [3.05, 3.63) is 24.3 Å². The van der Waals surface area contributed by atoms with Gasteiger partial charge < -0.3 is 19.0 Å². The van der Waals surface area contributed by atoms with Crippen molar-refractivity contribution >= 4 is 0 Å². The predicted molar refractivity (Wildman–Crippen MR) is 58.4 cm³/mol. The second-order valence-corrected chi connectivity index (χ2v) is 3.97. The van der Waals surface area contributed by atoms with E-state index in [1.807, 2.05) is 7.05 Å². The van der Waals surface area contributed by atoms with E-state index in [1.54, 1.807) is 18.4 Å². The number of ether oxygens (including phenoxy) is 1. The van der Waals surface area contributed by atoms with E-state index in [1.165, 1.54) is 0 Å². The van der Waals surface area contributed by atoms with Gasteiger partial charge in [-0.15, -0.1) is 0 Å². The second-order valence-electron chi connectivity index (χ2n) is 3.97. The minimum Gasteiger partial charge on any atom is -0.461 e. The van der Waals surface area contributed by atoms with Crippen molar-refractivity contribution in [2.75, 3.05) is 20.3 Å². The molecule has 1 saturated heterocycles. The average molecular weight is 235 g/mol. The molecule has 1 N–H and O–H groups in total. The maximum absolute atomic E-state index is 5.40. The third-order valence-electron chi connectivity index (χ3n) is 2.95. The molecule has 3 rings (SSSR count). The zero-order chi connectivity index (χ0) is 11.7. The van der Waals surface area contributed by atoms with Gasteiger partial charge in [0, 0.05) is 6.04 Å². The molecule has 0 amide bonds. The molecule has 90 valence electrons. The lowest BCUT2D eigenvalue weighted by atomic mass is 10.0. The van der Waals surface area contributed by atoms with Crippen LogP contribution in [0.2, 0.25) is 0 Å². The van der Waals surface area contributed by atoms with Crippen molar-refractivity contribution in [3.8, 4) is 11.6 Å². The molecule has 6 nitrogen and oxygen atoms in total. The standard InChI is InChI=1S/C11H13N3O3/c1-12-8-6-15-5-7(8)11-13-10(14-17-11)9-3-2-4-16-9/h2-4,7-8,12H,5-6H2,1H3. The smallest absolute Gasteiger partial charge is 0.238 e. The molecular weight excluding hydrogens is 222 g/mol. The maximum Gasteiger partial charge on any atom is 0.238 e. The zero-order valence-corrected chi connectivity index (χ0v) is 9.42. The summed E-state index contributed by atoms with van der Waals surface area (Å²) in [7, 11) is 1.90. The minimum absolute atomic E-state index is 0.108. The van der Waals surface area contributed by atoms with Crippen molar-refractivity contribution in [2.45, 2.75) is 12.0 Å². The Balaban J connectivity index is 1.85. The van der Waals surface area contributed by atoms with Gasteiger partial charge in [-0.05, 0) is 19.2 Å². The first-order chi connectivity index (χ1) is 8.38. The first kappa shape index (κ1) is 10.5. The van der Waals surface area contributed by atoms with Crippen molar-refractivity contribution in [1.29, 1.82) is 0 Å². The topological polar surface area (TPSA) is 73.3 Å². The molecule has 0 aliphatic carbocycles. The molecule has 0 spiro atoms. The first-order valence-corrected chi connectivity index (χ1v) is 5.51. The Kier molecular flexibility index (Phi) is 2.66. The zero-order valence-electron chi connectivity index (χ0n) is 9.42. The molecule has 0 aromatic carbocycles. The summed E-state index contributed by atoms with van der Waals surface area (Å²) in [6.07, 6.45) is 1.58. The summed E-state index contributed by atoms with van der Waals surface area (Å²) < 4.78 is 15.9. The van der Waals surface area contributed by atoms with Crippen LogP contribution in [0.25, 0.3) is 11.6 Å². The number of hydrogen-bond donors (Lipinski definition) is 1. The third kappa shape index (κ3) is 1.85. The summed E-state index contributed by atoms with van der Waals surface area (Å²) in [5, 5.41) is 7.09. The van der Waals surface area contributed by atoms with Gasteiger partial charge in [-0.1, -0.05) is 5.16 Å². The Bertz CT molecular complexity index is 480. The molecule has 2 aromatic heterocycles. The number of rotatable bonds is 3. The molecular formula is C11H13N3O3. The second kappa shape index (κ2) is 4.31. The van der Waals surface area contributed by atoms with Crippen LogP contribution in [0.3, 0.4) is 0 Å². The van der Waals surface area contributed by atoms with Crippen molar-refractivity contribution < 1.29 is 13.7 Å². The highest BCUT2D eigenvalue weighted by Gasteiger charge is 2.33. The molecule has 2 atom stereocenters. The van der Waals surface area contributed by atoms with E-state index in [4.69, 9.17) is 13.7 Å². The van der Waals surface area contributed by atoms with Crippen LogP contribution in [0, 0.1) is 0 Å². The molecule has 17 heavy (non-hydrogen) atoms. The van der Waals surface area contributed by atoms with Crippen LogP contribution < -0.4 is 5.32 Å². The van der Waals surface area contributed by atoms with Gasteiger partial charge in [0.2, 0.25) is 11.7 Å². The van der Waals surface area contributed by atoms with Crippen LogP contribution in [0.5, 0.6) is 0 Å². The molecule has 0 bridgehead atoms. The van der Waals surface area contributed by atoms with Crippen LogP contribution in [-0.4, -0.2) is 36.4 Å². The normalized spacial score (nSPS) is 24.3. The molecule has 1 aliphatic heterocycles. The van der Waals surface area contributed by atoms with Crippen LogP contribution in [0.15, 0.2) is 27.3 Å². The number of hydrogen-bond acceptors (Lipinski definition) is 6. The third-order valence-corrected chi connectivity index (χ3v) is 2.95. The fraction of sp³-hybridized carbons (Fsp3) is 0.455. The highest BCUT2D eigenvalue weighted by molar-refractivity contribution is 5.44. The molecule has 2 aromatic rings. The summed E-state index contributed by atoms with van der Waals surface area (Å²) in [5.74, 6) is 1.79. The highest BCUT2D eigenvalue weighted by atomic mass is 16.5.